The fraction of sp³-hybridized carbons (Fsp3) is 0.483. The van der Waals surface area contributed by atoms with Crippen molar-refractivity contribution < 1.29 is 23.7 Å². The predicted octanol–water partition coefficient (Wildman–Crippen LogP) is 5.54. The topological polar surface area (TPSA) is 87.9 Å². The van der Waals surface area contributed by atoms with Gasteiger partial charge in [-0.05, 0) is 57.3 Å². The Labute approximate surface area is 240 Å². The Morgan fingerprint density at radius 1 is 1.23 bits per heavy atom. The molecule has 7 rings (SSSR count). The number of rotatable bonds is 8. The summed E-state index contributed by atoms with van der Waals surface area (Å²) in [5, 5.41) is 1.98. The SMILES string of the molecule is CCOC(=O)c1cc2c(nc(CN3CCC(c4cccc5c4OC(C)(c4cscn4)O5)CC3)n2C[C@@H]2CCO2)s1. The summed E-state index contributed by atoms with van der Waals surface area (Å²) >= 11 is 2.95. The second kappa shape index (κ2) is 10.4. The molecule has 2 saturated heterocycles. The van der Waals surface area contributed by atoms with E-state index in [1.807, 2.05) is 31.4 Å². The van der Waals surface area contributed by atoms with Crippen LogP contribution in [0.4, 0.5) is 0 Å². The second-order valence-corrected chi connectivity index (χ2v) is 12.4. The normalized spacial score (nSPS) is 23.0. The monoisotopic (exact) mass is 580 g/mol. The molecule has 0 saturated carbocycles. The van der Waals surface area contributed by atoms with Crippen molar-refractivity contribution in [3.8, 4) is 11.5 Å². The minimum absolute atomic E-state index is 0.199. The van der Waals surface area contributed by atoms with Crippen LogP contribution in [0, 0.1) is 0 Å². The number of para-hydroxylation sites is 1. The Kier molecular flexibility index (Phi) is 6.77. The zero-order valence-corrected chi connectivity index (χ0v) is 24.3. The number of esters is 1. The number of piperidine rings is 1. The highest BCUT2D eigenvalue weighted by atomic mass is 32.1. The largest absolute Gasteiger partial charge is 0.462 e. The van der Waals surface area contributed by atoms with Crippen molar-refractivity contribution in [2.24, 2.45) is 0 Å². The van der Waals surface area contributed by atoms with Gasteiger partial charge < -0.3 is 23.5 Å². The van der Waals surface area contributed by atoms with Crippen molar-refractivity contribution in [1.82, 2.24) is 19.4 Å². The van der Waals surface area contributed by atoms with Gasteiger partial charge in [0.1, 0.15) is 21.2 Å². The fourth-order valence-corrected chi connectivity index (χ4v) is 7.42. The van der Waals surface area contributed by atoms with Crippen molar-refractivity contribution in [1.29, 1.82) is 0 Å². The maximum Gasteiger partial charge on any atom is 0.348 e. The van der Waals surface area contributed by atoms with E-state index in [0.29, 0.717) is 17.4 Å². The average molecular weight is 581 g/mol. The van der Waals surface area contributed by atoms with E-state index in [0.717, 1.165) is 85.4 Å². The standard InChI is InChI=1S/C29H32N4O5S2/c1-3-35-28(34)23-13-21-27(40-23)31-25(33(21)14-19-9-12-36-19)15-32-10-7-18(8-11-32)20-5-4-6-22-26(20)38-29(2,37-22)24-16-39-17-30-24/h4-6,13,16-19H,3,7-12,14-15H2,1-2H3/t19-,29?/m0/s1. The van der Waals surface area contributed by atoms with E-state index in [9.17, 15) is 4.79 Å². The molecule has 0 N–H and O–H groups in total. The van der Waals surface area contributed by atoms with Gasteiger partial charge in [-0.2, -0.15) is 0 Å². The van der Waals surface area contributed by atoms with Crippen LogP contribution in [-0.4, -0.2) is 57.8 Å². The molecule has 3 aromatic heterocycles. The summed E-state index contributed by atoms with van der Waals surface area (Å²) in [6.07, 6.45) is 3.31. The van der Waals surface area contributed by atoms with Crippen LogP contribution in [0.3, 0.4) is 0 Å². The smallest absolute Gasteiger partial charge is 0.348 e. The number of imidazole rings is 1. The Hall–Kier alpha value is -2.99. The zero-order valence-electron chi connectivity index (χ0n) is 22.6. The van der Waals surface area contributed by atoms with Crippen LogP contribution in [0.15, 0.2) is 35.2 Å². The van der Waals surface area contributed by atoms with Gasteiger partial charge >= 0.3 is 5.97 Å². The number of hydrogen-bond acceptors (Lipinski definition) is 10. The van der Waals surface area contributed by atoms with Gasteiger partial charge in [-0.3, -0.25) is 4.90 Å². The number of benzene rings is 1. The number of fused-ring (bicyclic) bond motifs is 2. The van der Waals surface area contributed by atoms with Crippen molar-refractivity contribution in [2.75, 3.05) is 26.3 Å². The Morgan fingerprint density at radius 2 is 2.08 bits per heavy atom. The summed E-state index contributed by atoms with van der Waals surface area (Å²) in [4.78, 5) is 25.7. The third-order valence-electron chi connectivity index (χ3n) is 8.08. The molecule has 0 amide bonds. The van der Waals surface area contributed by atoms with Gasteiger partial charge in [0.05, 0.1) is 36.8 Å². The number of nitrogens with zero attached hydrogens (tertiary/aromatic N) is 4. The molecule has 1 unspecified atom stereocenters. The third kappa shape index (κ3) is 4.68. The molecule has 0 aliphatic carbocycles. The highest BCUT2D eigenvalue weighted by molar-refractivity contribution is 7.20. The molecule has 210 valence electrons. The maximum absolute atomic E-state index is 12.3. The van der Waals surface area contributed by atoms with Crippen LogP contribution in [0.25, 0.3) is 10.3 Å². The van der Waals surface area contributed by atoms with Crippen LogP contribution in [-0.2, 0) is 28.4 Å². The molecule has 0 bridgehead atoms. The highest BCUT2D eigenvalue weighted by Crippen LogP contribution is 2.49. The summed E-state index contributed by atoms with van der Waals surface area (Å²) in [6.45, 7) is 8.39. The number of ether oxygens (including phenoxy) is 4. The van der Waals surface area contributed by atoms with E-state index < -0.39 is 5.79 Å². The number of likely N-dealkylation sites (tertiary alicyclic amines) is 1. The minimum atomic E-state index is -0.889. The number of carbonyl (C=O) groups is 1. The maximum atomic E-state index is 12.3. The lowest BCUT2D eigenvalue weighted by molar-refractivity contribution is -0.0717. The quantitative estimate of drug-likeness (QED) is 0.251. The van der Waals surface area contributed by atoms with Crippen LogP contribution >= 0.6 is 22.7 Å². The Bertz CT molecular complexity index is 1520. The molecule has 3 aliphatic heterocycles. The van der Waals surface area contributed by atoms with Gasteiger partial charge in [-0.1, -0.05) is 12.1 Å². The van der Waals surface area contributed by atoms with E-state index in [2.05, 4.69) is 26.6 Å². The molecule has 11 heteroatoms. The highest BCUT2D eigenvalue weighted by Gasteiger charge is 2.42. The summed E-state index contributed by atoms with van der Waals surface area (Å²) < 4.78 is 25.9. The first-order chi connectivity index (χ1) is 19.5. The van der Waals surface area contributed by atoms with Crippen molar-refractivity contribution in [3.05, 3.63) is 57.1 Å². The molecule has 4 aromatic rings. The van der Waals surface area contributed by atoms with E-state index in [-0.39, 0.29) is 12.1 Å². The van der Waals surface area contributed by atoms with Gasteiger partial charge in [0.15, 0.2) is 11.5 Å². The molecule has 3 aliphatic rings. The van der Waals surface area contributed by atoms with Crippen LogP contribution < -0.4 is 9.47 Å². The number of aromatic nitrogens is 3. The molecule has 9 nitrogen and oxygen atoms in total. The summed E-state index contributed by atoms with van der Waals surface area (Å²) in [6, 6.07) is 8.15. The van der Waals surface area contributed by atoms with E-state index in [4.69, 9.17) is 23.9 Å². The van der Waals surface area contributed by atoms with Crippen LogP contribution in [0.2, 0.25) is 0 Å². The first-order valence-corrected chi connectivity index (χ1v) is 15.7. The first kappa shape index (κ1) is 25.9. The fourth-order valence-electron chi connectivity index (χ4n) is 5.83. The summed E-state index contributed by atoms with van der Waals surface area (Å²) in [7, 11) is 0. The number of thiophene rings is 1. The van der Waals surface area contributed by atoms with E-state index in [1.165, 1.54) is 16.9 Å². The predicted molar refractivity (Wildman–Crippen MR) is 152 cm³/mol. The number of hydrogen-bond donors (Lipinski definition) is 0. The van der Waals surface area contributed by atoms with Gasteiger partial charge in [0.25, 0.3) is 5.79 Å². The third-order valence-corrected chi connectivity index (χ3v) is 9.67. The molecule has 6 heterocycles. The van der Waals surface area contributed by atoms with Crippen molar-refractivity contribution >= 4 is 39.0 Å². The number of carbonyl (C=O) groups excluding carboxylic acids is 1. The minimum Gasteiger partial charge on any atom is -0.462 e. The first-order valence-electron chi connectivity index (χ1n) is 13.9. The van der Waals surface area contributed by atoms with E-state index >= 15 is 0 Å². The summed E-state index contributed by atoms with van der Waals surface area (Å²) in [5.74, 6) is 1.89. The average Bonchev–Trinajstić information content (AvgIpc) is 3.70. The summed E-state index contributed by atoms with van der Waals surface area (Å²) in [5.41, 5.74) is 4.81. The van der Waals surface area contributed by atoms with Gasteiger partial charge in [0, 0.05) is 24.5 Å². The van der Waals surface area contributed by atoms with Crippen LogP contribution in [0.1, 0.15) is 65.8 Å². The van der Waals surface area contributed by atoms with Crippen molar-refractivity contribution in [3.63, 3.8) is 0 Å². The molecule has 2 fully saturated rings. The molecule has 40 heavy (non-hydrogen) atoms. The number of thiazole rings is 1. The lowest BCUT2D eigenvalue weighted by Crippen LogP contribution is -2.35. The second-order valence-electron chi connectivity index (χ2n) is 10.7. The Balaban J connectivity index is 1.06. The molecule has 0 radical (unpaired) electrons. The Morgan fingerprint density at radius 3 is 2.80 bits per heavy atom. The molecule has 1 aromatic carbocycles. The van der Waals surface area contributed by atoms with Gasteiger partial charge in [-0.25, -0.2) is 14.8 Å². The van der Waals surface area contributed by atoms with Crippen molar-refractivity contribution in [2.45, 2.75) is 64.0 Å². The van der Waals surface area contributed by atoms with Gasteiger partial charge in [0.2, 0.25) is 0 Å². The molecule has 0 spiro atoms. The van der Waals surface area contributed by atoms with E-state index in [1.54, 1.807) is 16.8 Å². The lowest BCUT2D eigenvalue weighted by atomic mass is 9.88. The lowest BCUT2D eigenvalue weighted by Gasteiger charge is -2.33. The zero-order chi connectivity index (χ0) is 27.3. The van der Waals surface area contributed by atoms with Gasteiger partial charge in [-0.15, -0.1) is 22.7 Å². The molecular formula is C29H32N4O5S2. The molecular weight excluding hydrogens is 548 g/mol. The van der Waals surface area contributed by atoms with Crippen LogP contribution in [0.5, 0.6) is 11.5 Å². The molecule has 2 atom stereocenters.